The lowest BCUT2D eigenvalue weighted by molar-refractivity contribution is -0.128. The number of thioether (sulfide) groups is 1. The lowest BCUT2D eigenvalue weighted by Gasteiger charge is -2.36. The maximum Gasteiger partial charge on any atom is 0.232 e. The Morgan fingerprint density at radius 2 is 1.72 bits per heavy atom. The van der Waals surface area contributed by atoms with E-state index < -0.39 is 6.04 Å². The number of hydrogen-bond acceptors (Lipinski definition) is 6. The fourth-order valence-electron chi connectivity index (χ4n) is 4.79. The maximum absolute atomic E-state index is 12.9. The van der Waals surface area contributed by atoms with Crippen molar-refractivity contribution in [2.75, 3.05) is 42.6 Å². The molecule has 1 aliphatic heterocycles. The van der Waals surface area contributed by atoms with Gasteiger partial charge in [0.2, 0.25) is 11.8 Å². The van der Waals surface area contributed by atoms with Gasteiger partial charge in [-0.25, -0.2) is 0 Å². The van der Waals surface area contributed by atoms with Crippen LogP contribution in [-0.4, -0.2) is 76.9 Å². The first-order valence-corrected chi connectivity index (χ1v) is 14.5. The van der Waals surface area contributed by atoms with Crippen LogP contribution in [0.15, 0.2) is 54.7 Å². The first-order chi connectivity index (χ1) is 18.7. The van der Waals surface area contributed by atoms with E-state index in [1.165, 1.54) is 18.7 Å². The number of nitrogens with one attached hydrogen (secondary N) is 3. The SMILES string of the molecule is CC(=N)c1ccc(N2CCN(C(=O)CSC[C@H](NC(=O)[C@@H](C)Cc3c[nH]c4ccccc34)C(C)=O)CC2)cc1. The standard InChI is InChI=1S/C30H37N5O3S/c1-20(16-24-17-32-27-7-5-4-6-26(24)27)30(38)33-28(22(3)36)18-39-19-29(37)35-14-12-34(13-15-35)25-10-8-23(9-11-25)21(2)31/h4-11,17,20,28,31-32H,12-16,18-19H2,1-3H3,(H,33,38)/t20-,28-/m0/s1. The van der Waals surface area contributed by atoms with Crippen LogP contribution in [0.2, 0.25) is 0 Å². The number of amides is 2. The van der Waals surface area contributed by atoms with Gasteiger partial charge in [-0.2, -0.15) is 0 Å². The van der Waals surface area contributed by atoms with Crippen molar-refractivity contribution in [2.24, 2.45) is 5.92 Å². The maximum atomic E-state index is 12.9. The molecule has 1 saturated heterocycles. The molecule has 0 spiro atoms. The summed E-state index contributed by atoms with van der Waals surface area (Å²) in [6.07, 6.45) is 2.51. The summed E-state index contributed by atoms with van der Waals surface area (Å²) in [6, 6.07) is 15.3. The summed E-state index contributed by atoms with van der Waals surface area (Å²) >= 11 is 1.39. The van der Waals surface area contributed by atoms with E-state index in [-0.39, 0.29) is 29.3 Å². The van der Waals surface area contributed by atoms with Crippen LogP contribution in [0.5, 0.6) is 0 Å². The minimum atomic E-state index is -0.620. The summed E-state index contributed by atoms with van der Waals surface area (Å²) in [4.78, 5) is 45.3. The number of Topliss-reactive ketones (excluding diaryl/α,β-unsaturated/α-hetero) is 1. The molecule has 206 valence electrons. The zero-order valence-corrected chi connectivity index (χ0v) is 23.6. The number of carbonyl (C=O) groups is 3. The number of anilines is 1. The number of nitrogens with zero attached hydrogens (tertiary/aromatic N) is 2. The summed E-state index contributed by atoms with van der Waals surface area (Å²) in [6.45, 7) is 7.91. The van der Waals surface area contributed by atoms with Crippen LogP contribution in [0.1, 0.15) is 31.9 Å². The quantitative estimate of drug-likeness (QED) is 0.316. The largest absolute Gasteiger partial charge is 0.368 e. The molecule has 2 heterocycles. The molecule has 9 heteroatoms. The molecule has 8 nitrogen and oxygen atoms in total. The summed E-state index contributed by atoms with van der Waals surface area (Å²) in [7, 11) is 0. The number of benzene rings is 2. The number of ketones is 1. The second-order valence-corrected chi connectivity index (χ2v) is 11.2. The molecule has 0 radical (unpaired) electrons. The Balaban J connectivity index is 1.21. The Bertz CT molecular complexity index is 1330. The number of hydrogen-bond donors (Lipinski definition) is 3. The van der Waals surface area contributed by atoms with Gasteiger partial charge >= 0.3 is 0 Å². The van der Waals surface area contributed by atoms with E-state index in [0.29, 0.717) is 31.0 Å². The molecule has 2 aromatic carbocycles. The van der Waals surface area contributed by atoms with Gasteiger partial charge in [0.25, 0.3) is 0 Å². The van der Waals surface area contributed by atoms with Gasteiger partial charge in [-0.15, -0.1) is 11.8 Å². The predicted molar refractivity (Wildman–Crippen MR) is 159 cm³/mol. The topological polar surface area (TPSA) is 109 Å². The van der Waals surface area contributed by atoms with Gasteiger partial charge in [0, 0.05) is 66.3 Å². The third-order valence-electron chi connectivity index (χ3n) is 7.26. The third-order valence-corrected chi connectivity index (χ3v) is 8.28. The number of piperazine rings is 1. The van der Waals surface area contributed by atoms with E-state index in [9.17, 15) is 14.4 Å². The summed E-state index contributed by atoms with van der Waals surface area (Å²) < 4.78 is 0. The summed E-state index contributed by atoms with van der Waals surface area (Å²) in [5.41, 5.74) is 4.66. The van der Waals surface area contributed by atoms with Gasteiger partial charge in [-0.05, 0) is 49.6 Å². The smallest absolute Gasteiger partial charge is 0.232 e. The Hall–Kier alpha value is -3.59. The molecule has 0 aliphatic carbocycles. The second kappa shape index (κ2) is 13.0. The van der Waals surface area contributed by atoms with Crippen LogP contribution in [0.3, 0.4) is 0 Å². The fraction of sp³-hybridized carbons (Fsp3) is 0.400. The van der Waals surface area contributed by atoms with Crippen molar-refractivity contribution in [3.8, 4) is 0 Å². The molecule has 0 bridgehead atoms. The van der Waals surface area contributed by atoms with Gasteiger partial charge in [0.1, 0.15) is 0 Å². The molecule has 1 aromatic heterocycles. The van der Waals surface area contributed by atoms with Crippen molar-refractivity contribution >= 4 is 51.7 Å². The highest BCUT2D eigenvalue weighted by molar-refractivity contribution is 8.00. The van der Waals surface area contributed by atoms with E-state index in [1.807, 2.05) is 66.6 Å². The Kier molecular flexibility index (Phi) is 9.45. The highest BCUT2D eigenvalue weighted by Crippen LogP contribution is 2.21. The molecule has 4 rings (SSSR count). The fourth-order valence-corrected chi connectivity index (χ4v) is 5.82. The zero-order valence-electron chi connectivity index (χ0n) is 22.8. The van der Waals surface area contributed by atoms with Crippen LogP contribution in [0.25, 0.3) is 10.9 Å². The highest BCUT2D eigenvalue weighted by Gasteiger charge is 2.24. The van der Waals surface area contributed by atoms with Crippen LogP contribution in [0.4, 0.5) is 5.69 Å². The zero-order chi connectivity index (χ0) is 27.9. The van der Waals surface area contributed by atoms with Gasteiger partial charge in [0.15, 0.2) is 5.78 Å². The molecule has 3 aromatic rings. The van der Waals surface area contributed by atoms with Gasteiger partial charge in [-0.1, -0.05) is 37.3 Å². The molecule has 1 fully saturated rings. The minimum absolute atomic E-state index is 0.0516. The Labute approximate surface area is 234 Å². The first kappa shape index (κ1) is 28.4. The van der Waals surface area contributed by atoms with E-state index in [0.717, 1.165) is 40.8 Å². The van der Waals surface area contributed by atoms with Crippen molar-refractivity contribution in [1.82, 2.24) is 15.2 Å². The molecule has 1 aliphatic rings. The Morgan fingerprint density at radius 1 is 1.03 bits per heavy atom. The number of aromatic nitrogens is 1. The van der Waals surface area contributed by atoms with Crippen LogP contribution >= 0.6 is 11.8 Å². The van der Waals surface area contributed by atoms with E-state index >= 15 is 0 Å². The van der Waals surface area contributed by atoms with Crippen molar-refractivity contribution < 1.29 is 14.4 Å². The number of fused-ring (bicyclic) bond motifs is 1. The number of para-hydroxylation sites is 1. The average Bonchev–Trinajstić information content (AvgIpc) is 3.35. The van der Waals surface area contributed by atoms with Gasteiger partial charge < -0.3 is 25.5 Å². The van der Waals surface area contributed by atoms with Crippen molar-refractivity contribution in [1.29, 1.82) is 5.41 Å². The monoisotopic (exact) mass is 547 g/mol. The van der Waals surface area contributed by atoms with Crippen molar-refractivity contribution in [2.45, 2.75) is 33.2 Å². The van der Waals surface area contributed by atoms with E-state index in [2.05, 4.69) is 15.2 Å². The lowest BCUT2D eigenvalue weighted by atomic mass is 9.99. The number of rotatable bonds is 11. The van der Waals surface area contributed by atoms with Gasteiger partial charge in [0.05, 0.1) is 11.8 Å². The molecule has 39 heavy (non-hydrogen) atoms. The lowest BCUT2D eigenvalue weighted by Crippen LogP contribution is -2.49. The average molecular weight is 548 g/mol. The molecule has 3 N–H and O–H groups in total. The predicted octanol–water partition coefficient (Wildman–Crippen LogP) is 3.89. The minimum Gasteiger partial charge on any atom is -0.368 e. The molecule has 2 amide bonds. The van der Waals surface area contributed by atoms with E-state index in [1.54, 1.807) is 6.92 Å². The Morgan fingerprint density at radius 3 is 2.38 bits per heavy atom. The van der Waals surface area contributed by atoms with Crippen LogP contribution in [-0.2, 0) is 20.8 Å². The summed E-state index contributed by atoms with van der Waals surface area (Å²) in [5, 5.41) is 11.7. The number of aromatic amines is 1. The molecule has 2 atom stereocenters. The van der Waals surface area contributed by atoms with Crippen LogP contribution < -0.4 is 10.2 Å². The molecular formula is C30H37N5O3S. The third kappa shape index (κ3) is 7.29. The second-order valence-electron chi connectivity index (χ2n) is 10.2. The van der Waals surface area contributed by atoms with Gasteiger partial charge in [-0.3, -0.25) is 14.4 Å². The molecule has 0 unspecified atom stereocenters. The molecule has 0 saturated carbocycles. The van der Waals surface area contributed by atoms with Crippen molar-refractivity contribution in [3.63, 3.8) is 0 Å². The number of H-pyrrole nitrogens is 1. The normalized spacial score (nSPS) is 15.2. The van der Waals surface area contributed by atoms with Crippen LogP contribution in [0, 0.1) is 11.3 Å². The van der Waals surface area contributed by atoms with E-state index in [4.69, 9.17) is 5.41 Å². The highest BCUT2D eigenvalue weighted by atomic mass is 32.2. The number of carbonyl (C=O) groups excluding carboxylic acids is 3. The summed E-state index contributed by atoms with van der Waals surface area (Å²) in [5.74, 6) is 0.131. The molecular weight excluding hydrogens is 510 g/mol. The first-order valence-electron chi connectivity index (χ1n) is 13.3. The van der Waals surface area contributed by atoms with Crippen molar-refractivity contribution in [3.05, 3.63) is 65.9 Å².